The number of non-ortho nitro benzene ring substituents is 1. The molecule has 0 saturated heterocycles. The normalized spacial score (nSPS) is 14.7. The number of nitro groups is 2. The molecule has 18 heteroatoms. The standard InChI is InChI=1S/C31H32N6O12/c1-5-47-26-13-19(29-28(30(39)46-4)17(2)33-31(40)34-29)7-10-23(26)48-16-27(38)35-32-15-18-6-9-24(25(12-18)45-3)49-22-11-8-20(36(41)42)14-21(22)37(43)44/h6-15,27,29,35,38H,5,16H2,1-4H3,(H2,33,34,40)/b32-15-/t27-,29-/m1/s1. The maximum Gasteiger partial charge on any atom is 0.337 e. The van der Waals surface area contributed by atoms with Gasteiger partial charge in [-0.05, 0) is 61.4 Å². The SMILES string of the molecule is CCOc1cc([C@H]2NC(=O)NC(C)=C2C(=O)OC)ccc1OC[C@@H](O)N/N=C\c1ccc(Oc2ccc([N+](=O)[O-])cc2[N+](=O)[O-])c(OC)c1. The zero-order valence-electron chi connectivity index (χ0n) is 26.6. The highest BCUT2D eigenvalue weighted by Crippen LogP contribution is 2.38. The van der Waals surface area contributed by atoms with Gasteiger partial charge in [-0.25, -0.2) is 9.59 Å². The van der Waals surface area contributed by atoms with E-state index < -0.39 is 45.5 Å². The summed E-state index contributed by atoms with van der Waals surface area (Å²) in [6.45, 7) is 3.39. The quantitative estimate of drug-likeness (QED) is 0.0588. The topological polar surface area (TPSA) is 235 Å². The number of hydrogen-bond donors (Lipinski definition) is 4. The summed E-state index contributed by atoms with van der Waals surface area (Å²) in [6.07, 6.45) is 0.101. The molecule has 1 aliphatic heterocycles. The summed E-state index contributed by atoms with van der Waals surface area (Å²) in [7, 11) is 2.60. The number of esters is 1. The van der Waals surface area contributed by atoms with Gasteiger partial charge in [-0.1, -0.05) is 6.07 Å². The highest BCUT2D eigenvalue weighted by Gasteiger charge is 2.32. The number of allylic oxidation sites excluding steroid dienone is 1. The van der Waals surface area contributed by atoms with Gasteiger partial charge in [0, 0.05) is 11.8 Å². The first kappa shape index (κ1) is 35.4. The molecule has 3 aromatic rings. The fourth-order valence-electron chi connectivity index (χ4n) is 4.64. The van der Waals surface area contributed by atoms with Crippen LogP contribution in [0.25, 0.3) is 0 Å². The number of aliphatic hydroxyl groups is 1. The number of amides is 2. The highest BCUT2D eigenvalue weighted by molar-refractivity contribution is 5.95. The number of aliphatic hydroxyl groups excluding tert-OH is 1. The van der Waals surface area contributed by atoms with Crippen LogP contribution in [0.3, 0.4) is 0 Å². The average molecular weight is 681 g/mol. The first-order chi connectivity index (χ1) is 23.4. The van der Waals surface area contributed by atoms with Crippen molar-refractivity contribution in [1.29, 1.82) is 0 Å². The van der Waals surface area contributed by atoms with E-state index in [1.54, 1.807) is 38.1 Å². The number of benzene rings is 3. The molecule has 0 unspecified atom stereocenters. The second-order valence-electron chi connectivity index (χ2n) is 10.1. The summed E-state index contributed by atoms with van der Waals surface area (Å²) >= 11 is 0. The lowest BCUT2D eigenvalue weighted by Crippen LogP contribution is -2.45. The van der Waals surface area contributed by atoms with E-state index in [1.807, 2.05) is 0 Å². The Hall–Kier alpha value is -6.43. The van der Waals surface area contributed by atoms with Gasteiger partial charge in [-0.15, -0.1) is 0 Å². The minimum atomic E-state index is -1.27. The van der Waals surface area contributed by atoms with Crippen molar-refractivity contribution < 1.29 is 48.2 Å². The zero-order valence-corrected chi connectivity index (χ0v) is 26.6. The van der Waals surface area contributed by atoms with E-state index >= 15 is 0 Å². The molecule has 2 amide bonds. The van der Waals surface area contributed by atoms with Gasteiger partial charge in [-0.3, -0.25) is 25.7 Å². The summed E-state index contributed by atoms with van der Waals surface area (Å²) in [6, 6.07) is 11.1. The van der Waals surface area contributed by atoms with Crippen molar-refractivity contribution >= 4 is 29.6 Å². The van der Waals surface area contributed by atoms with Gasteiger partial charge in [0.1, 0.15) is 6.61 Å². The number of hydrazone groups is 1. The van der Waals surface area contributed by atoms with Crippen LogP contribution >= 0.6 is 0 Å². The monoisotopic (exact) mass is 680 g/mol. The predicted molar refractivity (Wildman–Crippen MR) is 172 cm³/mol. The Balaban J connectivity index is 1.41. The van der Waals surface area contributed by atoms with Crippen molar-refractivity contribution in [3.05, 3.63) is 97.2 Å². The lowest BCUT2D eigenvalue weighted by molar-refractivity contribution is -0.394. The third-order valence-corrected chi connectivity index (χ3v) is 6.87. The van der Waals surface area contributed by atoms with Gasteiger partial charge < -0.3 is 39.4 Å². The van der Waals surface area contributed by atoms with Crippen LogP contribution in [-0.4, -0.2) is 66.8 Å². The summed E-state index contributed by atoms with van der Waals surface area (Å²) < 4.78 is 27.3. The molecular weight excluding hydrogens is 648 g/mol. The molecule has 0 bridgehead atoms. The Morgan fingerprint density at radius 2 is 1.73 bits per heavy atom. The number of hydrogen-bond acceptors (Lipinski definition) is 14. The van der Waals surface area contributed by atoms with Gasteiger partial charge in [0.25, 0.3) is 5.69 Å². The van der Waals surface area contributed by atoms with Gasteiger partial charge in [0.05, 0.1) is 54.6 Å². The Kier molecular flexibility index (Phi) is 11.5. The summed E-state index contributed by atoms with van der Waals surface area (Å²) in [4.78, 5) is 45.5. The van der Waals surface area contributed by atoms with Crippen LogP contribution in [0.2, 0.25) is 0 Å². The number of ether oxygens (including phenoxy) is 5. The maximum atomic E-state index is 12.4. The fourth-order valence-corrected chi connectivity index (χ4v) is 4.64. The van der Waals surface area contributed by atoms with E-state index in [0.29, 0.717) is 22.6 Å². The molecule has 18 nitrogen and oxygen atoms in total. The molecular formula is C31H32N6O12. The number of nitro benzene ring substituents is 2. The summed E-state index contributed by atoms with van der Waals surface area (Å²) in [5, 5.41) is 42.2. The van der Waals surface area contributed by atoms with E-state index in [-0.39, 0.29) is 41.8 Å². The molecule has 2 atom stereocenters. The molecule has 0 aromatic heterocycles. The smallest absolute Gasteiger partial charge is 0.337 e. The lowest BCUT2D eigenvalue weighted by atomic mass is 9.95. The van der Waals surface area contributed by atoms with Gasteiger partial charge >= 0.3 is 17.7 Å². The van der Waals surface area contributed by atoms with E-state index in [9.17, 15) is 34.9 Å². The lowest BCUT2D eigenvalue weighted by Gasteiger charge is -2.28. The average Bonchev–Trinajstić information content (AvgIpc) is 3.07. The molecule has 3 aromatic carbocycles. The van der Waals surface area contributed by atoms with Crippen LogP contribution < -0.4 is 35.0 Å². The molecule has 49 heavy (non-hydrogen) atoms. The Morgan fingerprint density at radius 1 is 1.00 bits per heavy atom. The van der Waals surface area contributed by atoms with E-state index in [1.165, 1.54) is 32.6 Å². The number of nitrogens with one attached hydrogen (secondary N) is 3. The molecule has 0 saturated carbocycles. The van der Waals surface area contributed by atoms with Gasteiger partial charge in [0.15, 0.2) is 29.2 Å². The molecule has 258 valence electrons. The van der Waals surface area contributed by atoms with Crippen LogP contribution in [0.1, 0.15) is 31.0 Å². The van der Waals surface area contributed by atoms with E-state index in [2.05, 4.69) is 21.2 Å². The molecule has 1 heterocycles. The molecule has 0 aliphatic carbocycles. The van der Waals surface area contributed by atoms with Crippen molar-refractivity contribution in [1.82, 2.24) is 16.1 Å². The highest BCUT2D eigenvalue weighted by atomic mass is 16.6. The van der Waals surface area contributed by atoms with Crippen molar-refractivity contribution in [3.63, 3.8) is 0 Å². The van der Waals surface area contributed by atoms with E-state index in [0.717, 1.165) is 18.2 Å². The number of methoxy groups -OCH3 is 2. The molecule has 0 fully saturated rings. The second kappa shape index (κ2) is 15.9. The molecule has 0 spiro atoms. The van der Waals surface area contributed by atoms with Gasteiger partial charge in [-0.2, -0.15) is 5.10 Å². The fraction of sp³-hybridized carbons (Fsp3) is 0.258. The van der Waals surface area contributed by atoms with Crippen LogP contribution in [0.5, 0.6) is 28.7 Å². The third kappa shape index (κ3) is 8.69. The number of rotatable bonds is 15. The van der Waals surface area contributed by atoms with E-state index in [4.69, 9.17) is 23.7 Å². The van der Waals surface area contributed by atoms with Crippen molar-refractivity contribution in [3.8, 4) is 28.7 Å². The first-order valence-electron chi connectivity index (χ1n) is 14.5. The number of carbonyl (C=O) groups excluding carboxylic acids is 2. The van der Waals surface area contributed by atoms with Crippen molar-refractivity contribution in [2.24, 2.45) is 5.10 Å². The number of carbonyl (C=O) groups is 2. The predicted octanol–water partition coefficient (Wildman–Crippen LogP) is 3.82. The van der Waals surface area contributed by atoms with Crippen LogP contribution in [0, 0.1) is 20.2 Å². The number of nitrogens with zero attached hydrogens (tertiary/aromatic N) is 3. The second-order valence-corrected chi connectivity index (χ2v) is 10.1. The number of urea groups is 1. The van der Waals surface area contributed by atoms with Crippen LogP contribution in [0.15, 0.2) is 71.0 Å². The molecule has 1 aliphatic rings. The zero-order chi connectivity index (χ0) is 35.7. The Labute approximate surface area is 278 Å². The Bertz CT molecular complexity index is 1810. The largest absolute Gasteiger partial charge is 0.493 e. The van der Waals surface area contributed by atoms with Crippen LogP contribution in [0.4, 0.5) is 16.2 Å². The molecule has 4 N–H and O–H groups in total. The van der Waals surface area contributed by atoms with Crippen LogP contribution in [-0.2, 0) is 9.53 Å². The third-order valence-electron chi connectivity index (χ3n) is 6.87. The molecule has 0 radical (unpaired) electrons. The summed E-state index contributed by atoms with van der Waals surface area (Å²) in [5.41, 5.74) is 3.08. The van der Waals surface area contributed by atoms with Crippen molar-refractivity contribution in [2.45, 2.75) is 26.1 Å². The van der Waals surface area contributed by atoms with Gasteiger partial charge in [0.2, 0.25) is 5.75 Å². The Morgan fingerprint density at radius 3 is 2.41 bits per heavy atom. The summed E-state index contributed by atoms with van der Waals surface area (Å²) in [5.74, 6) is 0.0333. The molecule has 4 rings (SSSR count). The minimum Gasteiger partial charge on any atom is -0.493 e. The minimum absolute atomic E-state index is 0.101. The first-order valence-corrected chi connectivity index (χ1v) is 14.5. The maximum absolute atomic E-state index is 12.4. The van der Waals surface area contributed by atoms with Crippen molar-refractivity contribution in [2.75, 3.05) is 27.4 Å².